The minimum absolute atomic E-state index is 0.102. The van der Waals surface area contributed by atoms with Crippen molar-refractivity contribution in [3.63, 3.8) is 0 Å². The normalized spacial score (nSPS) is 10.5. The predicted molar refractivity (Wildman–Crippen MR) is 87.1 cm³/mol. The lowest BCUT2D eigenvalue weighted by atomic mass is 10.1. The number of nitrogens with zero attached hydrogens (tertiary/aromatic N) is 1. The summed E-state index contributed by atoms with van der Waals surface area (Å²) < 4.78 is 5.36. The second-order valence-corrected chi connectivity index (χ2v) is 5.02. The molecule has 0 aliphatic carbocycles. The Bertz CT molecular complexity index is 780. The molecule has 2 N–H and O–H groups in total. The van der Waals surface area contributed by atoms with E-state index in [0.717, 1.165) is 11.1 Å². The average molecular weight is 308 g/mol. The highest BCUT2D eigenvalue weighted by Crippen LogP contribution is 2.23. The van der Waals surface area contributed by atoms with Crippen molar-refractivity contribution in [1.29, 1.82) is 0 Å². The van der Waals surface area contributed by atoms with Crippen molar-refractivity contribution in [2.45, 2.75) is 6.42 Å². The van der Waals surface area contributed by atoms with Crippen molar-refractivity contribution in [3.05, 3.63) is 72.2 Å². The number of aliphatic hydroxyl groups excluding tert-OH is 1. The van der Waals surface area contributed by atoms with Gasteiger partial charge in [0.15, 0.2) is 17.8 Å². The number of carbonyl (C=O) groups excluding carboxylic acids is 1. The molecule has 0 bridgehead atoms. The molecule has 0 aliphatic rings. The third-order valence-corrected chi connectivity index (χ3v) is 3.43. The zero-order valence-electron chi connectivity index (χ0n) is 12.4. The van der Waals surface area contributed by atoms with E-state index in [9.17, 15) is 4.79 Å². The minimum Gasteiger partial charge on any atom is -0.443 e. The maximum Gasteiger partial charge on any atom is 0.278 e. The van der Waals surface area contributed by atoms with Crippen molar-refractivity contribution in [2.24, 2.45) is 0 Å². The highest BCUT2D eigenvalue weighted by molar-refractivity contribution is 6.06. The van der Waals surface area contributed by atoms with Crippen LogP contribution in [0.1, 0.15) is 16.1 Å². The van der Waals surface area contributed by atoms with Crippen LogP contribution < -0.4 is 5.32 Å². The lowest BCUT2D eigenvalue weighted by Gasteiger charge is -2.06. The molecule has 0 unspecified atom stereocenters. The van der Waals surface area contributed by atoms with E-state index in [4.69, 9.17) is 9.52 Å². The van der Waals surface area contributed by atoms with Gasteiger partial charge in [-0.1, -0.05) is 42.5 Å². The van der Waals surface area contributed by atoms with Crippen LogP contribution in [0.25, 0.3) is 11.3 Å². The summed E-state index contributed by atoms with van der Waals surface area (Å²) >= 11 is 0. The predicted octanol–water partition coefficient (Wildman–Crippen LogP) is 3.13. The molecule has 0 atom stereocenters. The Hall–Kier alpha value is -2.92. The Morgan fingerprint density at radius 2 is 1.83 bits per heavy atom. The largest absolute Gasteiger partial charge is 0.443 e. The van der Waals surface area contributed by atoms with Crippen LogP contribution in [0.15, 0.2) is 65.4 Å². The number of hydrogen-bond donors (Lipinski definition) is 2. The van der Waals surface area contributed by atoms with E-state index in [1.54, 1.807) is 12.1 Å². The highest BCUT2D eigenvalue weighted by atomic mass is 16.3. The van der Waals surface area contributed by atoms with Crippen molar-refractivity contribution in [1.82, 2.24) is 4.98 Å². The molecule has 0 fully saturated rings. The van der Waals surface area contributed by atoms with Gasteiger partial charge >= 0.3 is 0 Å². The van der Waals surface area contributed by atoms with Gasteiger partial charge in [0.2, 0.25) is 0 Å². The molecule has 116 valence electrons. The smallest absolute Gasteiger partial charge is 0.278 e. The molecular formula is C18H16N2O3. The summed E-state index contributed by atoms with van der Waals surface area (Å²) in [4.78, 5) is 16.4. The van der Waals surface area contributed by atoms with Crippen LogP contribution in [0.4, 0.5) is 5.69 Å². The lowest BCUT2D eigenvalue weighted by Crippen LogP contribution is -2.13. The standard InChI is InChI=1S/C18H16N2O3/c21-11-10-13-6-8-15(9-7-13)20-18(22)16-17(23-12-19-16)14-4-2-1-3-5-14/h1-9,12,21H,10-11H2,(H,20,22). The Balaban J connectivity index is 1.78. The van der Waals surface area contributed by atoms with Crippen molar-refractivity contribution < 1.29 is 14.3 Å². The summed E-state index contributed by atoms with van der Waals surface area (Å²) in [5, 5.41) is 11.7. The van der Waals surface area contributed by atoms with E-state index in [0.29, 0.717) is 17.9 Å². The Morgan fingerprint density at radius 1 is 1.09 bits per heavy atom. The number of oxazole rings is 1. The maximum absolute atomic E-state index is 12.4. The summed E-state index contributed by atoms with van der Waals surface area (Å²) in [6.45, 7) is 0.102. The molecule has 1 amide bonds. The number of amides is 1. The van der Waals surface area contributed by atoms with E-state index in [2.05, 4.69) is 10.3 Å². The second kappa shape index (κ2) is 6.89. The third kappa shape index (κ3) is 3.46. The van der Waals surface area contributed by atoms with Gasteiger partial charge in [-0.15, -0.1) is 0 Å². The molecule has 0 radical (unpaired) electrons. The molecule has 1 heterocycles. The zero-order chi connectivity index (χ0) is 16.1. The van der Waals surface area contributed by atoms with Gasteiger partial charge in [0.05, 0.1) is 0 Å². The Kier molecular flexibility index (Phi) is 4.49. The van der Waals surface area contributed by atoms with Crippen LogP contribution in [0, 0.1) is 0 Å². The summed E-state index contributed by atoms with van der Waals surface area (Å²) in [7, 11) is 0. The first-order chi connectivity index (χ1) is 11.3. The second-order valence-electron chi connectivity index (χ2n) is 5.02. The molecule has 5 heteroatoms. The summed E-state index contributed by atoms with van der Waals surface area (Å²) in [6, 6.07) is 16.7. The topological polar surface area (TPSA) is 75.4 Å². The number of anilines is 1. The van der Waals surface area contributed by atoms with Crippen LogP contribution in [0.5, 0.6) is 0 Å². The Labute approximate surface area is 133 Å². The molecule has 23 heavy (non-hydrogen) atoms. The number of aliphatic hydroxyl groups is 1. The molecule has 0 saturated heterocycles. The molecule has 5 nitrogen and oxygen atoms in total. The third-order valence-electron chi connectivity index (χ3n) is 3.43. The fourth-order valence-corrected chi connectivity index (χ4v) is 2.28. The number of aromatic nitrogens is 1. The van der Waals surface area contributed by atoms with Crippen LogP contribution in [0.2, 0.25) is 0 Å². The van der Waals surface area contributed by atoms with Gasteiger partial charge in [-0.25, -0.2) is 4.98 Å². The SMILES string of the molecule is O=C(Nc1ccc(CCO)cc1)c1ncoc1-c1ccccc1. The van der Waals surface area contributed by atoms with Crippen molar-refractivity contribution >= 4 is 11.6 Å². The summed E-state index contributed by atoms with van der Waals surface area (Å²) in [5.41, 5.74) is 2.72. The van der Waals surface area contributed by atoms with Crippen molar-refractivity contribution in [2.75, 3.05) is 11.9 Å². The highest BCUT2D eigenvalue weighted by Gasteiger charge is 2.18. The molecular weight excluding hydrogens is 292 g/mol. The van der Waals surface area contributed by atoms with Gasteiger partial charge in [0.1, 0.15) is 0 Å². The fraction of sp³-hybridized carbons (Fsp3) is 0.111. The first-order valence-corrected chi connectivity index (χ1v) is 7.28. The van der Waals surface area contributed by atoms with Gasteiger partial charge in [-0.2, -0.15) is 0 Å². The van der Waals surface area contributed by atoms with Gasteiger partial charge in [-0.3, -0.25) is 4.79 Å². The van der Waals surface area contributed by atoms with E-state index >= 15 is 0 Å². The molecule has 0 saturated carbocycles. The van der Waals surface area contributed by atoms with Crippen LogP contribution in [-0.4, -0.2) is 22.6 Å². The number of nitrogens with one attached hydrogen (secondary N) is 1. The first kappa shape index (κ1) is 15.0. The number of hydrogen-bond acceptors (Lipinski definition) is 4. The lowest BCUT2D eigenvalue weighted by molar-refractivity contribution is 0.102. The summed E-state index contributed by atoms with van der Waals surface area (Å²) in [5.74, 6) is 0.118. The van der Waals surface area contributed by atoms with Gasteiger partial charge < -0.3 is 14.8 Å². The van der Waals surface area contributed by atoms with Crippen molar-refractivity contribution in [3.8, 4) is 11.3 Å². The van der Waals surface area contributed by atoms with Crippen LogP contribution in [0.3, 0.4) is 0 Å². The van der Waals surface area contributed by atoms with E-state index in [1.165, 1.54) is 6.39 Å². The first-order valence-electron chi connectivity index (χ1n) is 7.28. The van der Waals surface area contributed by atoms with Gasteiger partial charge in [0, 0.05) is 17.9 Å². The fourth-order valence-electron chi connectivity index (χ4n) is 2.28. The number of carbonyl (C=O) groups is 1. The molecule has 0 aliphatic heterocycles. The molecule has 1 aromatic heterocycles. The summed E-state index contributed by atoms with van der Waals surface area (Å²) in [6.07, 6.45) is 1.86. The van der Waals surface area contributed by atoms with E-state index in [1.807, 2.05) is 42.5 Å². The minimum atomic E-state index is -0.326. The quantitative estimate of drug-likeness (QED) is 0.759. The van der Waals surface area contributed by atoms with E-state index < -0.39 is 0 Å². The van der Waals surface area contributed by atoms with Crippen LogP contribution in [-0.2, 0) is 6.42 Å². The monoisotopic (exact) mass is 308 g/mol. The zero-order valence-corrected chi connectivity index (χ0v) is 12.4. The molecule has 3 rings (SSSR count). The molecule has 3 aromatic rings. The average Bonchev–Trinajstić information content (AvgIpc) is 3.07. The number of benzene rings is 2. The molecule has 2 aromatic carbocycles. The number of rotatable bonds is 5. The van der Waals surface area contributed by atoms with Gasteiger partial charge in [0.25, 0.3) is 5.91 Å². The maximum atomic E-state index is 12.4. The van der Waals surface area contributed by atoms with Gasteiger partial charge in [-0.05, 0) is 24.1 Å². The molecule has 0 spiro atoms. The van der Waals surface area contributed by atoms with E-state index in [-0.39, 0.29) is 18.2 Å². The van der Waals surface area contributed by atoms with Crippen LogP contribution >= 0.6 is 0 Å². The Morgan fingerprint density at radius 3 is 2.52 bits per heavy atom.